The number of ketones is 2. The molecule has 0 amide bonds. The summed E-state index contributed by atoms with van der Waals surface area (Å²) in [4.78, 5) is 36.7. The van der Waals surface area contributed by atoms with Gasteiger partial charge in [-0.15, -0.1) is 0 Å². The number of aryl methyl sites for hydroxylation is 2. The van der Waals surface area contributed by atoms with E-state index in [9.17, 15) is 14.4 Å². The minimum atomic E-state index is -0.652. The predicted molar refractivity (Wildman–Crippen MR) is 114 cm³/mol. The number of aromatic nitrogens is 1. The summed E-state index contributed by atoms with van der Waals surface area (Å²) in [6.07, 6.45) is 0. The van der Waals surface area contributed by atoms with Crippen molar-refractivity contribution in [2.45, 2.75) is 34.6 Å². The van der Waals surface area contributed by atoms with Crippen molar-refractivity contribution in [3.63, 3.8) is 0 Å². The summed E-state index contributed by atoms with van der Waals surface area (Å²) in [6, 6.07) is 11.7. The van der Waals surface area contributed by atoms with Gasteiger partial charge in [0.1, 0.15) is 11.1 Å². The molecule has 0 saturated carbocycles. The third-order valence-corrected chi connectivity index (χ3v) is 5.49. The maximum atomic E-state index is 12.4. The van der Waals surface area contributed by atoms with Gasteiger partial charge in [0.25, 0.3) is 0 Å². The maximum Gasteiger partial charge on any atom is 0.347 e. The summed E-state index contributed by atoms with van der Waals surface area (Å²) in [5, 5.41) is 1.41. The molecule has 0 atom stereocenters. The molecule has 0 saturated heterocycles. The first-order valence-corrected chi connectivity index (χ1v) is 9.42. The van der Waals surface area contributed by atoms with Crippen molar-refractivity contribution in [3.05, 3.63) is 74.8 Å². The van der Waals surface area contributed by atoms with E-state index in [1.807, 2.05) is 48.7 Å². The van der Waals surface area contributed by atoms with Gasteiger partial charge in [0, 0.05) is 27.7 Å². The fourth-order valence-corrected chi connectivity index (χ4v) is 4.14. The quantitative estimate of drug-likeness (QED) is 0.364. The van der Waals surface area contributed by atoms with Gasteiger partial charge in [-0.05, 0) is 64.4 Å². The topological polar surface area (TPSA) is 69.3 Å². The van der Waals surface area contributed by atoms with Crippen LogP contribution >= 0.6 is 0 Å². The molecule has 5 nitrogen and oxygen atoms in total. The van der Waals surface area contributed by atoms with Crippen LogP contribution in [-0.4, -0.2) is 16.1 Å². The molecule has 4 rings (SSSR count). The van der Waals surface area contributed by atoms with Gasteiger partial charge in [-0.3, -0.25) is 9.59 Å². The van der Waals surface area contributed by atoms with Gasteiger partial charge < -0.3 is 8.98 Å². The van der Waals surface area contributed by atoms with E-state index in [-0.39, 0.29) is 17.1 Å². The van der Waals surface area contributed by atoms with E-state index in [4.69, 9.17) is 4.42 Å². The molecule has 0 unspecified atom stereocenters. The molecule has 0 aliphatic heterocycles. The van der Waals surface area contributed by atoms with E-state index in [0.717, 1.165) is 27.8 Å². The number of nitrogens with zero attached hydrogens (tertiary/aromatic N) is 1. The molecule has 5 heteroatoms. The lowest BCUT2D eigenvalue weighted by molar-refractivity contribution is 0.100. The normalized spacial score (nSPS) is 11.3. The minimum absolute atomic E-state index is 0.0582. The first-order chi connectivity index (χ1) is 13.7. The van der Waals surface area contributed by atoms with Gasteiger partial charge >= 0.3 is 5.63 Å². The number of carbonyl (C=O) groups excluding carboxylic acids is 2. The van der Waals surface area contributed by atoms with Crippen LogP contribution in [0.15, 0.2) is 45.6 Å². The van der Waals surface area contributed by atoms with Crippen LogP contribution in [0.3, 0.4) is 0 Å². The fraction of sp³-hybridized carbons (Fsp3) is 0.208. The lowest BCUT2D eigenvalue weighted by atomic mass is 10.0. The highest BCUT2D eigenvalue weighted by molar-refractivity contribution is 6.12. The molecule has 2 heterocycles. The first kappa shape index (κ1) is 18.9. The van der Waals surface area contributed by atoms with Gasteiger partial charge in [0.2, 0.25) is 0 Å². The number of fused-ring (bicyclic) bond motifs is 2. The van der Waals surface area contributed by atoms with Gasteiger partial charge in [0.15, 0.2) is 11.6 Å². The molecule has 0 radical (unpaired) electrons. The standard InChI is InChI=1S/C24H21NO4/c1-12-6-8-17(9-7-12)25-14(3)23(16(5)27)19-11-21-18(10-20(19)25)13(2)22(15(4)26)24(28)29-21/h6-11H,1-5H3. The van der Waals surface area contributed by atoms with E-state index >= 15 is 0 Å². The molecule has 0 spiro atoms. The Labute approximate surface area is 167 Å². The van der Waals surface area contributed by atoms with Crippen molar-refractivity contribution in [3.8, 4) is 5.69 Å². The lowest BCUT2D eigenvalue weighted by Gasteiger charge is -2.10. The second-order valence-electron chi connectivity index (χ2n) is 7.50. The predicted octanol–water partition coefficient (Wildman–Crippen LogP) is 5.07. The summed E-state index contributed by atoms with van der Waals surface area (Å²) >= 11 is 0. The summed E-state index contributed by atoms with van der Waals surface area (Å²) in [5.74, 6) is -0.384. The zero-order valence-corrected chi connectivity index (χ0v) is 17.0. The van der Waals surface area contributed by atoms with Crippen LogP contribution < -0.4 is 5.63 Å². The molecule has 0 bridgehead atoms. The lowest BCUT2D eigenvalue weighted by Crippen LogP contribution is -2.14. The Bertz CT molecular complexity index is 1390. The van der Waals surface area contributed by atoms with Crippen molar-refractivity contribution < 1.29 is 14.0 Å². The largest absolute Gasteiger partial charge is 0.422 e. The minimum Gasteiger partial charge on any atom is -0.422 e. The average molecular weight is 387 g/mol. The van der Waals surface area contributed by atoms with Crippen molar-refractivity contribution in [1.82, 2.24) is 4.57 Å². The van der Waals surface area contributed by atoms with Crippen molar-refractivity contribution in [1.29, 1.82) is 0 Å². The van der Waals surface area contributed by atoms with Crippen molar-refractivity contribution in [2.75, 3.05) is 0 Å². The molecule has 2 aromatic heterocycles. The Morgan fingerprint density at radius 2 is 1.48 bits per heavy atom. The van der Waals surface area contributed by atoms with Crippen LogP contribution in [0.5, 0.6) is 0 Å². The number of hydrogen-bond acceptors (Lipinski definition) is 4. The Hall–Kier alpha value is -3.47. The van der Waals surface area contributed by atoms with Crippen molar-refractivity contribution in [2.24, 2.45) is 0 Å². The van der Waals surface area contributed by atoms with Gasteiger partial charge in [-0.2, -0.15) is 0 Å². The number of hydrogen-bond donors (Lipinski definition) is 0. The van der Waals surface area contributed by atoms with E-state index in [1.54, 1.807) is 13.0 Å². The smallest absolute Gasteiger partial charge is 0.347 e. The SMILES string of the molecule is CC(=O)c1c(C)c2cc3c(cc2oc1=O)c(C(C)=O)c(C)n3-c1ccc(C)cc1. The van der Waals surface area contributed by atoms with Crippen LogP contribution in [0, 0.1) is 20.8 Å². The van der Waals surface area contributed by atoms with Crippen LogP contribution in [0.1, 0.15) is 51.4 Å². The Morgan fingerprint density at radius 1 is 0.862 bits per heavy atom. The number of Topliss-reactive ketones (excluding diaryl/α,β-unsaturated/α-hetero) is 2. The first-order valence-electron chi connectivity index (χ1n) is 9.42. The summed E-state index contributed by atoms with van der Waals surface area (Å²) < 4.78 is 7.48. The molecule has 0 aliphatic carbocycles. The summed E-state index contributed by atoms with van der Waals surface area (Å²) in [6.45, 7) is 8.57. The second kappa shape index (κ2) is 6.55. The molecular formula is C24H21NO4. The highest BCUT2D eigenvalue weighted by atomic mass is 16.4. The Morgan fingerprint density at radius 3 is 2.07 bits per heavy atom. The van der Waals surface area contributed by atoms with E-state index < -0.39 is 5.63 Å². The van der Waals surface area contributed by atoms with Crippen LogP contribution in [-0.2, 0) is 0 Å². The van der Waals surface area contributed by atoms with E-state index in [2.05, 4.69) is 0 Å². The van der Waals surface area contributed by atoms with Crippen molar-refractivity contribution >= 4 is 33.4 Å². The molecule has 0 aliphatic rings. The molecule has 146 valence electrons. The maximum absolute atomic E-state index is 12.4. The Balaban J connectivity index is 2.20. The second-order valence-corrected chi connectivity index (χ2v) is 7.50. The number of benzene rings is 2. The third kappa shape index (κ3) is 2.81. The molecule has 2 aromatic carbocycles. The highest BCUT2D eigenvalue weighted by Gasteiger charge is 2.22. The van der Waals surface area contributed by atoms with Crippen LogP contribution in [0.4, 0.5) is 0 Å². The van der Waals surface area contributed by atoms with Gasteiger partial charge in [-0.25, -0.2) is 4.79 Å². The zero-order valence-electron chi connectivity index (χ0n) is 17.0. The number of carbonyl (C=O) groups is 2. The summed E-state index contributed by atoms with van der Waals surface area (Å²) in [7, 11) is 0. The highest BCUT2D eigenvalue weighted by Crippen LogP contribution is 2.34. The van der Waals surface area contributed by atoms with E-state index in [1.165, 1.54) is 13.8 Å². The molecule has 0 N–H and O–H groups in total. The average Bonchev–Trinajstić information content (AvgIpc) is 2.92. The van der Waals surface area contributed by atoms with Gasteiger partial charge in [0.05, 0.1) is 5.52 Å². The molecule has 29 heavy (non-hydrogen) atoms. The van der Waals surface area contributed by atoms with Crippen LogP contribution in [0.2, 0.25) is 0 Å². The molecule has 4 aromatic rings. The van der Waals surface area contributed by atoms with E-state index in [0.29, 0.717) is 22.1 Å². The Kier molecular flexibility index (Phi) is 4.26. The fourth-order valence-electron chi connectivity index (χ4n) is 4.14. The monoisotopic (exact) mass is 387 g/mol. The summed E-state index contributed by atoms with van der Waals surface area (Å²) in [5.41, 5.74) is 4.69. The molecular weight excluding hydrogens is 366 g/mol. The number of rotatable bonds is 3. The zero-order chi connectivity index (χ0) is 21.0. The third-order valence-electron chi connectivity index (χ3n) is 5.49. The van der Waals surface area contributed by atoms with Crippen LogP contribution in [0.25, 0.3) is 27.6 Å². The van der Waals surface area contributed by atoms with Gasteiger partial charge in [-0.1, -0.05) is 17.7 Å². The molecule has 0 fully saturated rings.